The predicted octanol–water partition coefficient (Wildman–Crippen LogP) is 0.108. The van der Waals surface area contributed by atoms with Crippen molar-refractivity contribution in [2.45, 2.75) is 18.9 Å². The topological polar surface area (TPSA) is 101 Å². The van der Waals surface area contributed by atoms with Crippen molar-refractivity contribution in [3.8, 4) is 6.07 Å². The van der Waals surface area contributed by atoms with Gasteiger partial charge in [-0.2, -0.15) is 5.26 Å². The van der Waals surface area contributed by atoms with E-state index in [4.69, 9.17) is 5.26 Å². The molecule has 126 valence electrons. The third-order valence-corrected chi connectivity index (χ3v) is 4.47. The van der Waals surface area contributed by atoms with Crippen LogP contribution in [0.3, 0.4) is 0 Å². The Morgan fingerprint density at radius 2 is 2.17 bits per heavy atom. The first-order chi connectivity index (χ1) is 11.6. The number of carboxylic acids is 1. The Labute approximate surface area is 139 Å². The van der Waals surface area contributed by atoms with Crippen molar-refractivity contribution in [3.63, 3.8) is 0 Å². The van der Waals surface area contributed by atoms with Crippen LogP contribution in [0.15, 0.2) is 18.3 Å². The number of likely N-dealkylation sites (tertiary alicyclic amines) is 1. The average Bonchev–Trinajstić information content (AvgIpc) is 3.24. The summed E-state index contributed by atoms with van der Waals surface area (Å²) in [6.07, 6.45) is 2.80. The quantitative estimate of drug-likeness (QED) is 0.836. The van der Waals surface area contributed by atoms with Gasteiger partial charge in [0.1, 0.15) is 17.9 Å². The van der Waals surface area contributed by atoms with Crippen LogP contribution in [0, 0.1) is 11.3 Å². The second-order valence-corrected chi connectivity index (χ2v) is 6.06. The number of hydrogen-bond acceptors (Lipinski definition) is 6. The summed E-state index contributed by atoms with van der Waals surface area (Å²) in [5.74, 6) is -0.284. The van der Waals surface area contributed by atoms with E-state index in [-0.39, 0.29) is 12.5 Å². The maximum atomic E-state index is 12.4. The number of carbonyl (C=O) groups excluding carboxylic acids is 1. The van der Waals surface area contributed by atoms with Crippen LogP contribution >= 0.6 is 0 Å². The van der Waals surface area contributed by atoms with Crippen LogP contribution in [0.2, 0.25) is 0 Å². The molecule has 2 aliphatic rings. The lowest BCUT2D eigenvalue weighted by atomic mass is 10.2. The molecule has 8 nitrogen and oxygen atoms in total. The molecule has 1 amide bonds. The first kappa shape index (κ1) is 16.2. The zero-order chi connectivity index (χ0) is 17.1. The molecule has 24 heavy (non-hydrogen) atoms. The molecule has 1 N–H and O–H groups in total. The van der Waals surface area contributed by atoms with Crippen molar-refractivity contribution >= 4 is 17.7 Å². The maximum Gasteiger partial charge on any atom is 0.326 e. The van der Waals surface area contributed by atoms with E-state index in [1.165, 1.54) is 11.1 Å². The number of anilines is 1. The van der Waals surface area contributed by atoms with Crippen LogP contribution in [0.1, 0.15) is 18.4 Å². The normalized spacial score (nSPS) is 21.0. The zero-order valence-electron chi connectivity index (χ0n) is 13.3. The van der Waals surface area contributed by atoms with E-state index in [9.17, 15) is 14.7 Å². The lowest BCUT2D eigenvalue weighted by Crippen LogP contribution is -2.45. The number of rotatable bonds is 4. The number of pyridine rings is 1. The van der Waals surface area contributed by atoms with Crippen molar-refractivity contribution in [1.82, 2.24) is 14.8 Å². The number of amides is 1. The van der Waals surface area contributed by atoms with Gasteiger partial charge in [-0.25, -0.2) is 9.78 Å². The summed E-state index contributed by atoms with van der Waals surface area (Å²) in [5.41, 5.74) is 0.513. The largest absolute Gasteiger partial charge is 0.480 e. The zero-order valence-corrected chi connectivity index (χ0v) is 13.3. The summed E-state index contributed by atoms with van der Waals surface area (Å²) in [7, 11) is 0. The van der Waals surface area contributed by atoms with Crippen molar-refractivity contribution in [2.24, 2.45) is 0 Å². The number of hydrogen-bond donors (Lipinski definition) is 1. The van der Waals surface area contributed by atoms with Crippen LogP contribution in [-0.2, 0) is 9.59 Å². The van der Waals surface area contributed by atoms with Gasteiger partial charge in [0.25, 0.3) is 0 Å². The molecule has 0 spiro atoms. The lowest BCUT2D eigenvalue weighted by molar-refractivity contribution is -0.148. The van der Waals surface area contributed by atoms with Crippen LogP contribution in [0.4, 0.5) is 5.82 Å². The molecular weight excluding hydrogens is 310 g/mol. The summed E-state index contributed by atoms with van der Waals surface area (Å²) in [6, 6.07) is 4.87. The van der Waals surface area contributed by atoms with Crippen molar-refractivity contribution in [1.29, 1.82) is 5.26 Å². The highest BCUT2D eigenvalue weighted by Crippen LogP contribution is 2.19. The summed E-state index contributed by atoms with van der Waals surface area (Å²) in [4.78, 5) is 33.3. The molecule has 1 atom stereocenters. The second-order valence-electron chi connectivity index (χ2n) is 6.06. The molecular formula is C16H19N5O3. The summed E-state index contributed by atoms with van der Waals surface area (Å²) in [6.45, 7) is 2.77. The highest BCUT2D eigenvalue weighted by Gasteiger charge is 2.35. The Morgan fingerprint density at radius 1 is 1.33 bits per heavy atom. The van der Waals surface area contributed by atoms with Gasteiger partial charge in [0, 0.05) is 25.8 Å². The SMILES string of the molecule is N#Cc1ccc(N2CCN(CC(=O)N3CCC[C@H]3C(=O)O)C2)nc1. The number of carboxylic acid groups (broad SMARTS) is 1. The first-order valence-corrected chi connectivity index (χ1v) is 7.94. The summed E-state index contributed by atoms with van der Waals surface area (Å²) >= 11 is 0. The molecule has 2 saturated heterocycles. The minimum atomic E-state index is -0.925. The fraction of sp³-hybridized carbons (Fsp3) is 0.500. The van der Waals surface area contributed by atoms with Gasteiger partial charge in [0.2, 0.25) is 5.91 Å². The Morgan fingerprint density at radius 3 is 2.83 bits per heavy atom. The number of aromatic nitrogens is 1. The molecule has 0 saturated carbocycles. The Kier molecular flexibility index (Phi) is 4.62. The van der Waals surface area contributed by atoms with E-state index < -0.39 is 12.0 Å². The average molecular weight is 329 g/mol. The Balaban J connectivity index is 1.57. The van der Waals surface area contributed by atoms with Gasteiger partial charge in [0.15, 0.2) is 0 Å². The van der Waals surface area contributed by atoms with Gasteiger partial charge in [0.05, 0.1) is 18.8 Å². The maximum absolute atomic E-state index is 12.4. The number of nitrogens with zero attached hydrogens (tertiary/aromatic N) is 5. The lowest BCUT2D eigenvalue weighted by Gasteiger charge is -2.24. The van der Waals surface area contributed by atoms with Crippen LogP contribution in [-0.4, -0.2) is 70.7 Å². The van der Waals surface area contributed by atoms with Crippen LogP contribution in [0.25, 0.3) is 0 Å². The molecule has 0 radical (unpaired) electrons. The van der Waals surface area contributed by atoms with Gasteiger partial charge < -0.3 is 14.9 Å². The molecule has 0 aromatic carbocycles. The van der Waals surface area contributed by atoms with Crippen molar-refractivity contribution in [3.05, 3.63) is 23.9 Å². The van der Waals surface area contributed by atoms with Crippen molar-refractivity contribution < 1.29 is 14.7 Å². The third kappa shape index (κ3) is 3.31. The molecule has 0 unspecified atom stereocenters. The Hall–Kier alpha value is -2.66. The molecule has 2 fully saturated rings. The van der Waals surface area contributed by atoms with Gasteiger partial charge in [-0.3, -0.25) is 9.69 Å². The van der Waals surface area contributed by atoms with E-state index in [0.29, 0.717) is 25.2 Å². The highest BCUT2D eigenvalue weighted by atomic mass is 16.4. The minimum absolute atomic E-state index is 0.130. The standard InChI is InChI=1S/C16H19N5O3/c17-8-12-3-4-14(18-9-12)20-7-6-19(11-20)10-15(22)21-5-1-2-13(21)16(23)24/h3-4,9,13H,1-2,5-7,10-11H2,(H,23,24)/t13-/m0/s1. The fourth-order valence-electron chi connectivity index (χ4n) is 3.20. The molecule has 0 aliphatic carbocycles. The monoisotopic (exact) mass is 329 g/mol. The smallest absolute Gasteiger partial charge is 0.326 e. The van der Waals surface area contributed by atoms with Crippen molar-refractivity contribution in [2.75, 3.05) is 37.7 Å². The number of nitriles is 1. The molecule has 3 rings (SSSR count). The van der Waals surface area contributed by atoms with E-state index in [0.717, 1.165) is 25.3 Å². The van der Waals surface area contributed by atoms with E-state index >= 15 is 0 Å². The number of carbonyl (C=O) groups is 2. The minimum Gasteiger partial charge on any atom is -0.480 e. The fourth-order valence-corrected chi connectivity index (χ4v) is 3.20. The summed E-state index contributed by atoms with van der Waals surface area (Å²) < 4.78 is 0. The molecule has 1 aromatic heterocycles. The van der Waals surface area contributed by atoms with E-state index in [1.807, 2.05) is 15.9 Å². The van der Waals surface area contributed by atoms with E-state index in [1.54, 1.807) is 12.1 Å². The van der Waals surface area contributed by atoms with Gasteiger partial charge in [-0.15, -0.1) is 0 Å². The molecule has 1 aromatic rings. The van der Waals surface area contributed by atoms with Crippen LogP contribution in [0.5, 0.6) is 0 Å². The Bertz CT molecular complexity index is 669. The van der Waals surface area contributed by atoms with E-state index in [2.05, 4.69) is 4.98 Å². The highest BCUT2D eigenvalue weighted by molar-refractivity contribution is 5.85. The molecule has 2 aliphatic heterocycles. The van der Waals surface area contributed by atoms with Gasteiger partial charge in [-0.05, 0) is 25.0 Å². The van der Waals surface area contributed by atoms with Gasteiger partial charge in [-0.1, -0.05) is 0 Å². The number of aliphatic carboxylic acids is 1. The molecule has 0 bridgehead atoms. The molecule has 8 heteroatoms. The predicted molar refractivity (Wildman–Crippen MR) is 85.1 cm³/mol. The first-order valence-electron chi connectivity index (χ1n) is 7.94. The van der Waals surface area contributed by atoms with Crippen LogP contribution < -0.4 is 4.90 Å². The third-order valence-electron chi connectivity index (χ3n) is 4.47. The molecule has 3 heterocycles. The summed E-state index contributed by atoms with van der Waals surface area (Å²) in [5, 5.41) is 18.0. The second kappa shape index (κ2) is 6.84. The van der Waals surface area contributed by atoms with Gasteiger partial charge >= 0.3 is 5.97 Å².